The molecule has 0 fully saturated rings. The molecule has 4 aromatic rings. The second-order valence-corrected chi connectivity index (χ2v) is 10.4. The van der Waals surface area contributed by atoms with Crippen molar-refractivity contribution in [3.63, 3.8) is 0 Å². The van der Waals surface area contributed by atoms with Crippen LogP contribution in [0.1, 0.15) is 11.1 Å². The van der Waals surface area contributed by atoms with Gasteiger partial charge in [0.15, 0.2) is 5.75 Å². The van der Waals surface area contributed by atoms with Gasteiger partial charge < -0.3 is 15.2 Å². The maximum Gasteiger partial charge on any atom is 0.243 e. The monoisotopic (exact) mass is 463 g/mol. The van der Waals surface area contributed by atoms with Crippen LogP contribution in [0.4, 0.5) is 10.1 Å². The molecule has 0 aliphatic heterocycles. The van der Waals surface area contributed by atoms with Crippen LogP contribution in [0, 0.1) is 5.82 Å². The predicted octanol–water partition coefficient (Wildman–Crippen LogP) is 2.92. The maximum absolute atomic E-state index is 13.2. The molecular weight excluding hydrogens is 445 g/mol. The van der Waals surface area contributed by atoms with Gasteiger partial charge in [0, 0.05) is 29.4 Å². The molecule has 0 saturated heterocycles. The van der Waals surface area contributed by atoms with Crippen molar-refractivity contribution in [1.29, 1.82) is 0 Å². The standard InChI is InChI=1S/C20H18FN3O5S2/c1-30(27)24(31(2,28)29)18-14-8-12(7-11-3-5-13(21)6-4-11)9-22-17(14)19(25)16-15(18)10-23-20(16)26/h3-6,8-10,22,25-26H,7H2,1-2H3. The van der Waals surface area contributed by atoms with E-state index in [2.05, 4.69) is 9.97 Å². The van der Waals surface area contributed by atoms with E-state index in [9.17, 15) is 27.2 Å². The summed E-state index contributed by atoms with van der Waals surface area (Å²) in [5, 5.41) is 21.2. The predicted molar refractivity (Wildman–Crippen MR) is 118 cm³/mol. The average molecular weight is 464 g/mol. The number of benzene rings is 2. The molecule has 11 heteroatoms. The Balaban J connectivity index is 2.04. The van der Waals surface area contributed by atoms with Crippen LogP contribution in [-0.4, -0.2) is 45.3 Å². The summed E-state index contributed by atoms with van der Waals surface area (Å²) in [5.74, 6) is -1.15. The Kier molecular flexibility index (Phi) is 5.10. The van der Waals surface area contributed by atoms with Crippen molar-refractivity contribution in [2.45, 2.75) is 6.42 Å². The van der Waals surface area contributed by atoms with Gasteiger partial charge in [0.2, 0.25) is 15.9 Å². The number of aromatic nitrogens is 2. The van der Waals surface area contributed by atoms with Crippen molar-refractivity contribution >= 4 is 48.4 Å². The normalized spacial score (nSPS) is 13.0. The Labute approximate surface area is 179 Å². The van der Waals surface area contributed by atoms with Gasteiger partial charge in [-0.05, 0) is 35.7 Å². The first kappa shape index (κ1) is 21.1. The van der Waals surface area contributed by atoms with Crippen molar-refractivity contribution in [3.05, 3.63) is 59.7 Å². The van der Waals surface area contributed by atoms with Crippen molar-refractivity contribution in [2.24, 2.45) is 0 Å². The molecule has 0 aliphatic rings. The van der Waals surface area contributed by atoms with Crippen LogP contribution < -0.4 is 3.71 Å². The molecule has 1 atom stereocenters. The number of hydrogen-bond donors (Lipinski definition) is 3. The summed E-state index contributed by atoms with van der Waals surface area (Å²) in [4.78, 5) is 6.72. The molecule has 0 bridgehead atoms. The number of rotatable bonds is 5. The first-order valence-corrected chi connectivity index (χ1v) is 12.4. The molecular formula is C20H18FN3O5S2. The number of nitrogens with one attached hydrogen (secondary N) is 1. The van der Waals surface area contributed by atoms with Crippen LogP contribution in [0.25, 0.3) is 21.7 Å². The van der Waals surface area contributed by atoms with Gasteiger partial charge >= 0.3 is 0 Å². The quantitative estimate of drug-likeness (QED) is 0.418. The molecule has 0 radical (unpaired) electrons. The number of fused-ring (bicyclic) bond motifs is 2. The minimum absolute atomic E-state index is 0.0242. The largest absolute Gasteiger partial charge is 0.505 e. The number of phenols is 1. The smallest absolute Gasteiger partial charge is 0.243 e. The lowest BCUT2D eigenvalue weighted by Gasteiger charge is -2.22. The fourth-order valence-corrected chi connectivity index (χ4v) is 6.11. The van der Waals surface area contributed by atoms with Crippen LogP contribution in [-0.2, 0) is 27.4 Å². The van der Waals surface area contributed by atoms with Gasteiger partial charge in [0.05, 0.1) is 22.8 Å². The molecule has 2 heterocycles. The molecule has 8 nitrogen and oxygen atoms in total. The summed E-state index contributed by atoms with van der Waals surface area (Å²) in [5.41, 5.74) is 1.69. The van der Waals surface area contributed by atoms with Crippen LogP contribution in [0.5, 0.6) is 11.6 Å². The molecule has 4 rings (SSSR count). The Morgan fingerprint density at radius 2 is 1.84 bits per heavy atom. The van der Waals surface area contributed by atoms with Crippen molar-refractivity contribution in [1.82, 2.24) is 9.97 Å². The highest BCUT2D eigenvalue weighted by molar-refractivity contribution is 8.06. The zero-order valence-corrected chi connectivity index (χ0v) is 18.1. The van der Waals surface area contributed by atoms with Crippen molar-refractivity contribution in [2.75, 3.05) is 16.2 Å². The highest BCUT2D eigenvalue weighted by Crippen LogP contribution is 2.46. The summed E-state index contributed by atoms with van der Waals surface area (Å²) in [7, 11) is -5.98. The lowest BCUT2D eigenvalue weighted by atomic mass is 10.0. The Bertz CT molecular complexity index is 1450. The summed E-state index contributed by atoms with van der Waals surface area (Å²) in [6, 6.07) is 7.59. The molecule has 3 N–H and O–H groups in total. The Morgan fingerprint density at radius 3 is 2.45 bits per heavy atom. The van der Waals surface area contributed by atoms with Gasteiger partial charge in [-0.2, -0.15) is 3.71 Å². The van der Waals surface area contributed by atoms with Gasteiger partial charge in [-0.1, -0.05) is 12.1 Å². The van der Waals surface area contributed by atoms with E-state index < -0.39 is 26.9 Å². The number of pyridine rings is 1. The molecule has 2 aromatic carbocycles. The summed E-state index contributed by atoms with van der Waals surface area (Å²) >= 11 is 0. The fraction of sp³-hybridized carbons (Fsp3) is 0.150. The average Bonchev–Trinajstić information content (AvgIpc) is 3.07. The fourth-order valence-electron chi connectivity index (χ4n) is 3.60. The summed E-state index contributed by atoms with van der Waals surface area (Å²) < 4.78 is 51.4. The number of nitrogens with zero attached hydrogens (tertiary/aromatic N) is 2. The second kappa shape index (κ2) is 7.50. The van der Waals surface area contributed by atoms with Crippen LogP contribution in [0.3, 0.4) is 0 Å². The molecule has 1 unspecified atom stereocenters. The minimum Gasteiger partial charge on any atom is -0.505 e. The van der Waals surface area contributed by atoms with E-state index in [1.165, 1.54) is 24.6 Å². The molecule has 2 aromatic heterocycles. The summed E-state index contributed by atoms with van der Waals surface area (Å²) in [6.07, 6.45) is 5.36. The van der Waals surface area contributed by atoms with E-state index in [0.29, 0.717) is 12.0 Å². The first-order valence-electron chi connectivity index (χ1n) is 9.00. The van der Waals surface area contributed by atoms with Crippen molar-refractivity contribution in [3.8, 4) is 11.6 Å². The third-order valence-corrected chi connectivity index (χ3v) is 7.71. The number of aromatic hydroxyl groups is 2. The van der Waals surface area contributed by atoms with Gasteiger partial charge in [0.1, 0.15) is 16.8 Å². The van der Waals surface area contributed by atoms with Gasteiger partial charge in [0.25, 0.3) is 0 Å². The van der Waals surface area contributed by atoms with Gasteiger partial charge in [-0.25, -0.2) is 22.0 Å². The number of halogens is 1. The highest BCUT2D eigenvalue weighted by atomic mass is 32.3. The van der Waals surface area contributed by atoms with Crippen LogP contribution >= 0.6 is 0 Å². The molecule has 0 aliphatic carbocycles. The van der Waals surface area contributed by atoms with E-state index in [4.69, 9.17) is 0 Å². The molecule has 0 saturated carbocycles. The van der Waals surface area contributed by atoms with Crippen LogP contribution in [0.15, 0.2) is 42.7 Å². The van der Waals surface area contributed by atoms with E-state index in [1.54, 1.807) is 24.4 Å². The van der Waals surface area contributed by atoms with E-state index in [0.717, 1.165) is 15.5 Å². The minimum atomic E-state index is -3.99. The van der Waals surface area contributed by atoms with Gasteiger partial charge in [-0.3, -0.25) is 0 Å². The molecule has 31 heavy (non-hydrogen) atoms. The number of sulfonamides is 1. The zero-order valence-electron chi connectivity index (χ0n) is 16.5. The maximum atomic E-state index is 13.2. The summed E-state index contributed by atoms with van der Waals surface area (Å²) in [6.45, 7) is 0. The van der Waals surface area contributed by atoms with Gasteiger partial charge in [-0.15, -0.1) is 0 Å². The number of aromatic amines is 1. The third kappa shape index (κ3) is 3.70. The number of hydrogen-bond acceptors (Lipinski definition) is 6. The molecule has 0 spiro atoms. The number of phenolic OH excluding ortho intramolecular Hbond substituents is 1. The topological polar surface area (TPSA) is 124 Å². The lowest BCUT2D eigenvalue weighted by molar-refractivity contribution is 0.454. The SMILES string of the molecule is CS(=O)N(c1c2cc(Cc3ccc(F)cc3)c[nH]c2c(O)c2c(O)ncc12)S(C)(=O)=O. The van der Waals surface area contributed by atoms with E-state index >= 15 is 0 Å². The van der Waals surface area contributed by atoms with E-state index in [-0.39, 0.29) is 38.9 Å². The van der Waals surface area contributed by atoms with Crippen LogP contribution in [0.2, 0.25) is 0 Å². The zero-order chi connectivity index (χ0) is 22.5. The molecule has 162 valence electrons. The Hall–Kier alpha value is -3.18. The number of H-pyrrole nitrogens is 1. The molecule has 0 amide bonds. The van der Waals surface area contributed by atoms with Crippen molar-refractivity contribution < 1.29 is 27.2 Å². The highest BCUT2D eigenvalue weighted by Gasteiger charge is 2.29. The second-order valence-electron chi connectivity index (χ2n) is 7.08. The Morgan fingerprint density at radius 1 is 1.16 bits per heavy atom. The lowest BCUT2D eigenvalue weighted by Crippen LogP contribution is -2.31. The third-order valence-electron chi connectivity index (χ3n) is 4.83. The first-order chi connectivity index (χ1) is 14.6. The number of anilines is 1. The van der Waals surface area contributed by atoms with E-state index in [1.807, 2.05) is 0 Å².